The van der Waals surface area contributed by atoms with Gasteiger partial charge in [0.05, 0.1) is 5.69 Å². The Morgan fingerprint density at radius 2 is 1.83 bits per heavy atom. The van der Waals surface area contributed by atoms with Crippen molar-refractivity contribution >= 4 is 35.2 Å². The Kier molecular flexibility index (Phi) is 5.88. The molecule has 4 nitrogen and oxygen atoms in total. The van der Waals surface area contributed by atoms with Gasteiger partial charge in [-0.25, -0.2) is 9.18 Å². The molecule has 2 aromatic rings. The molecule has 2 aromatic carbocycles. The number of esters is 1. The zero-order chi connectivity index (χ0) is 16.7. The minimum atomic E-state index is -0.700. The maximum atomic E-state index is 13.3. The molecule has 1 amide bonds. The summed E-state index contributed by atoms with van der Waals surface area (Å²) in [6.07, 6.45) is 2.65. The molecule has 6 heteroatoms. The molecule has 0 saturated carbocycles. The van der Waals surface area contributed by atoms with Gasteiger partial charge in [0.2, 0.25) is 0 Å². The number of amides is 1. The van der Waals surface area contributed by atoms with Crippen molar-refractivity contribution in [1.29, 1.82) is 0 Å². The maximum Gasteiger partial charge on any atom is 0.331 e. The smallest absolute Gasteiger partial charge is 0.331 e. The Bertz CT molecular complexity index is 746. The molecule has 0 radical (unpaired) electrons. The van der Waals surface area contributed by atoms with E-state index >= 15 is 0 Å². The minimum Gasteiger partial charge on any atom is -0.452 e. The van der Waals surface area contributed by atoms with Gasteiger partial charge in [-0.05, 0) is 29.8 Å². The lowest BCUT2D eigenvalue weighted by molar-refractivity contribution is -0.142. The van der Waals surface area contributed by atoms with Crippen molar-refractivity contribution in [3.8, 4) is 0 Å². The van der Waals surface area contributed by atoms with Crippen LogP contribution < -0.4 is 5.32 Å². The number of benzene rings is 2. The normalized spacial score (nSPS) is 10.5. The number of hydrogen-bond donors (Lipinski definition) is 1. The summed E-state index contributed by atoms with van der Waals surface area (Å²) in [5.74, 6) is -1.89. The van der Waals surface area contributed by atoms with Crippen LogP contribution in [0.25, 0.3) is 6.08 Å². The summed E-state index contributed by atoms with van der Waals surface area (Å²) in [6, 6.07) is 12.7. The summed E-state index contributed by atoms with van der Waals surface area (Å²) in [4.78, 5) is 23.1. The lowest BCUT2D eigenvalue weighted by atomic mass is 10.2. The first-order valence-corrected chi connectivity index (χ1v) is 7.08. The van der Waals surface area contributed by atoms with Crippen LogP contribution in [-0.2, 0) is 14.3 Å². The summed E-state index contributed by atoms with van der Waals surface area (Å²) in [5.41, 5.74) is 0.682. The highest BCUT2D eigenvalue weighted by Crippen LogP contribution is 2.16. The molecular formula is C17H13ClFNO3. The fourth-order valence-corrected chi connectivity index (χ4v) is 1.90. The molecule has 2 rings (SSSR count). The summed E-state index contributed by atoms with van der Waals surface area (Å²) < 4.78 is 18.1. The van der Waals surface area contributed by atoms with Gasteiger partial charge >= 0.3 is 5.97 Å². The predicted molar refractivity (Wildman–Crippen MR) is 86.5 cm³/mol. The molecule has 118 valence electrons. The van der Waals surface area contributed by atoms with Gasteiger partial charge < -0.3 is 10.1 Å². The van der Waals surface area contributed by atoms with Crippen molar-refractivity contribution in [2.75, 3.05) is 11.9 Å². The third-order valence-electron chi connectivity index (χ3n) is 2.80. The van der Waals surface area contributed by atoms with Crippen molar-refractivity contribution in [1.82, 2.24) is 0 Å². The van der Waals surface area contributed by atoms with E-state index in [1.807, 2.05) is 0 Å². The van der Waals surface area contributed by atoms with E-state index in [2.05, 4.69) is 5.32 Å². The number of halogens is 2. The largest absolute Gasteiger partial charge is 0.452 e. The molecule has 0 aliphatic rings. The van der Waals surface area contributed by atoms with Gasteiger partial charge in [-0.1, -0.05) is 41.9 Å². The topological polar surface area (TPSA) is 55.4 Å². The number of ether oxygens (including phenoxy) is 1. The Morgan fingerprint density at radius 3 is 2.57 bits per heavy atom. The lowest BCUT2D eigenvalue weighted by Crippen LogP contribution is -2.20. The Morgan fingerprint density at radius 1 is 1.13 bits per heavy atom. The summed E-state index contributed by atoms with van der Waals surface area (Å²) in [6.45, 7) is -0.514. The first-order valence-electron chi connectivity index (χ1n) is 6.70. The van der Waals surface area contributed by atoms with Crippen LogP contribution >= 0.6 is 11.6 Å². The van der Waals surface area contributed by atoms with E-state index in [-0.39, 0.29) is 5.69 Å². The number of rotatable bonds is 5. The molecule has 0 aliphatic carbocycles. The second-order valence-corrected chi connectivity index (χ2v) is 4.90. The van der Waals surface area contributed by atoms with E-state index in [0.29, 0.717) is 10.6 Å². The standard InChI is InChI=1S/C17H13ClFNO3/c18-13-6-2-1-5-12(13)9-10-17(22)23-11-16(21)20-15-8-4-3-7-14(15)19/h1-10H,11H2,(H,20,21)/b10-9+. The molecule has 23 heavy (non-hydrogen) atoms. The van der Waals surface area contributed by atoms with Gasteiger partial charge in [0.15, 0.2) is 6.61 Å². The number of carbonyl (C=O) groups is 2. The molecule has 0 aliphatic heterocycles. The molecule has 1 N–H and O–H groups in total. The zero-order valence-electron chi connectivity index (χ0n) is 12.0. The number of carbonyl (C=O) groups excluding carboxylic acids is 2. The van der Waals surface area contributed by atoms with Crippen LogP contribution in [0.15, 0.2) is 54.6 Å². The number of hydrogen-bond acceptors (Lipinski definition) is 3. The summed E-state index contributed by atoms with van der Waals surface area (Å²) >= 11 is 5.94. The van der Waals surface area contributed by atoms with Crippen molar-refractivity contribution in [2.45, 2.75) is 0 Å². The average Bonchev–Trinajstić information content (AvgIpc) is 2.54. The number of para-hydroxylation sites is 1. The molecule has 0 heterocycles. The second kappa shape index (κ2) is 8.10. The van der Waals surface area contributed by atoms with Crippen LogP contribution in [0.3, 0.4) is 0 Å². The SMILES string of the molecule is O=C(COC(=O)/C=C/c1ccccc1Cl)Nc1ccccc1F. The first kappa shape index (κ1) is 16.7. The highest BCUT2D eigenvalue weighted by molar-refractivity contribution is 6.32. The molecule has 0 fully saturated rings. The Hall–Kier alpha value is -2.66. The zero-order valence-corrected chi connectivity index (χ0v) is 12.7. The van der Waals surface area contributed by atoms with Crippen LogP contribution in [0.4, 0.5) is 10.1 Å². The van der Waals surface area contributed by atoms with E-state index in [0.717, 1.165) is 6.08 Å². The van der Waals surface area contributed by atoms with Gasteiger partial charge in [-0.15, -0.1) is 0 Å². The van der Waals surface area contributed by atoms with Crippen molar-refractivity contribution in [3.05, 3.63) is 71.0 Å². The summed E-state index contributed by atoms with van der Waals surface area (Å²) in [5, 5.41) is 2.81. The van der Waals surface area contributed by atoms with Crippen molar-refractivity contribution < 1.29 is 18.7 Å². The van der Waals surface area contributed by atoms with Crippen LogP contribution in [-0.4, -0.2) is 18.5 Å². The molecule has 0 spiro atoms. The third kappa shape index (κ3) is 5.23. The van der Waals surface area contributed by atoms with Crippen LogP contribution in [0.2, 0.25) is 5.02 Å². The highest BCUT2D eigenvalue weighted by atomic mass is 35.5. The summed E-state index contributed by atoms with van der Waals surface area (Å²) in [7, 11) is 0. The predicted octanol–water partition coefficient (Wildman–Crippen LogP) is 3.67. The maximum absolute atomic E-state index is 13.3. The molecule has 0 bridgehead atoms. The van der Waals surface area contributed by atoms with E-state index in [1.165, 1.54) is 24.3 Å². The van der Waals surface area contributed by atoms with Gasteiger partial charge in [-0.3, -0.25) is 4.79 Å². The van der Waals surface area contributed by atoms with Crippen LogP contribution in [0, 0.1) is 5.82 Å². The molecule has 0 saturated heterocycles. The van der Waals surface area contributed by atoms with Gasteiger partial charge in [0.1, 0.15) is 5.82 Å². The van der Waals surface area contributed by atoms with E-state index in [1.54, 1.807) is 30.3 Å². The van der Waals surface area contributed by atoms with E-state index in [9.17, 15) is 14.0 Å². The van der Waals surface area contributed by atoms with Gasteiger partial charge in [0.25, 0.3) is 5.91 Å². The molecule has 0 unspecified atom stereocenters. The van der Waals surface area contributed by atoms with Crippen molar-refractivity contribution in [3.63, 3.8) is 0 Å². The highest BCUT2D eigenvalue weighted by Gasteiger charge is 2.08. The van der Waals surface area contributed by atoms with Crippen LogP contribution in [0.1, 0.15) is 5.56 Å². The molecular weight excluding hydrogens is 321 g/mol. The quantitative estimate of drug-likeness (QED) is 0.671. The van der Waals surface area contributed by atoms with E-state index < -0.39 is 24.3 Å². The fraction of sp³-hybridized carbons (Fsp3) is 0.0588. The Labute approximate surface area is 137 Å². The number of nitrogens with one attached hydrogen (secondary N) is 1. The average molecular weight is 334 g/mol. The monoisotopic (exact) mass is 333 g/mol. The molecule has 0 atom stereocenters. The van der Waals surface area contributed by atoms with Gasteiger partial charge in [0, 0.05) is 11.1 Å². The minimum absolute atomic E-state index is 0.0279. The van der Waals surface area contributed by atoms with Gasteiger partial charge in [-0.2, -0.15) is 0 Å². The van der Waals surface area contributed by atoms with Crippen molar-refractivity contribution in [2.24, 2.45) is 0 Å². The third-order valence-corrected chi connectivity index (χ3v) is 3.14. The first-order chi connectivity index (χ1) is 11.1. The lowest BCUT2D eigenvalue weighted by Gasteiger charge is -2.06. The van der Waals surface area contributed by atoms with E-state index in [4.69, 9.17) is 16.3 Å². The van der Waals surface area contributed by atoms with Crippen LogP contribution in [0.5, 0.6) is 0 Å². The number of anilines is 1. The fourth-order valence-electron chi connectivity index (χ4n) is 1.70. The Balaban J connectivity index is 1.83. The second-order valence-electron chi connectivity index (χ2n) is 4.49. The molecule has 0 aromatic heterocycles.